The molecule has 0 aliphatic rings. The maximum Gasteiger partial charge on any atom is 0.251 e. The molecule has 0 saturated heterocycles. The summed E-state index contributed by atoms with van der Waals surface area (Å²) in [6.07, 6.45) is 6.71. The number of aromatic amines is 1. The Morgan fingerprint density at radius 1 is 1.19 bits per heavy atom. The molecule has 1 atom stereocenters. The third kappa shape index (κ3) is 3.25. The van der Waals surface area contributed by atoms with E-state index in [1.807, 2.05) is 62.4 Å². The summed E-state index contributed by atoms with van der Waals surface area (Å²) < 4.78 is 0. The van der Waals surface area contributed by atoms with Gasteiger partial charge in [-0.3, -0.25) is 4.79 Å². The van der Waals surface area contributed by atoms with Crippen LogP contribution < -0.4 is 5.56 Å². The van der Waals surface area contributed by atoms with Crippen LogP contribution in [0.1, 0.15) is 36.1 Å². The van der Waals surface area contributed by atoms with E-state index in [2.05, 4.69) is 17.0 Å². The third-order valence-electron chi connectivity index (χ3n) is 4.84. The van der Waals surface area contributed by atoms with Crippen molar-refractivity contribution in [3.8, 4) is 18.4 Å². The quantitative estimate of drug-likeness (QED) is 0.727. The van der Waals surface area contributed by atoms with Gasteiger partial charge in [0, 0.05) is 16.6 Å². The Labute approximate surface area is 153 Å². The monoisotopic (exact) mass is 340 g/mol. The fourth-order valence-electron chi connectivity index (χ4n) is 3.24. The number of aromatic nitrogens is 1. The topological polar surface area (TPSA) is 56.6 Å². The van der Waals surface area contributed by atoms with Crippen molar-refractivity contribution in [2.75, 3.05) is 0 Å². The molecule has 26 heavy (non-hydrogen) atoms. The summed E-state index contributed by atoms with van der Waals surface area (Å²) in [7, 11) is 0. The molecule has 0 fully saturated rings. The standard InChI is InChI=1S/C23H20N2O/c1-4-16-7-6-8-17(11-16)14-23(3,15-24)20-10-9-19-12-18(5-2)22(26)25-21(19)13-20/h1,6-13H,5,14H2,2-3H3,(H,25,26)/t23-/m1/s1. The van der Waals surface area contributed by atoms with Crippen LogP contribution in [0.15, 0.2) is 53.3 Å². The first-order chi connectivity index (χ1) is 12.5. The zero-order chi connectivity index (χ0) is 18.7. The minimum absolute atomic E-state index is 0.0717. The molecule has 0 saturated carbocycles. The number of fused-ring (bicyclic) bond motifs is 1. The Bertz CT molecular complexity index is 1110. The molecule has 0 radical (unpaired) electrons. The number of nitrogens with zero attached hydrogens (tertiary/aromatic N) is 1. The highest BCUT2D eigenvalue weighted by atomic mass is 16.1. The summed E-state index contributed by atoms with van der Waals surface area (Å²) in [5.74, 6) is 2.63. The van der Waals surface area contributed by atoms with Crippen molar-refractivity contribution in [3.63, 3.8) is 0 Å². The van der Waals surface area contributed by atoms with E-state index in [4.69, 9.17) is 6.42 Å². The maximum atomic E-state index is 12.1. The smallest absolute Gasteiger partial charge is 0.251 e. The van der Waals surface area contributed by atoms with Gasteiger partial charge in [-0.05, 0) is 60.5 Å². The van der Waals surface area contributed by atoms with E-state index >= 15 is 0 Å². The molecule has 3 nitrogen and oxygen atoms in total. The lowest BCUT2D eigenvalue weighted by atomic mass is 9.78. The lowest BCUT2D eigenvalue weighted by Crippen LogP contribution is -2.23. The van der Waals surface area contributed by atoms with Gasteiger partial charge in [0.05, 0.1) is 11.5 Å². The number of aryl methyl sites for hydroxylation is 1. The molecule has 0 bridgehead atoms. The van der Waals surface area contributed by atoms with E-state index in [0.717, 1.165) is 33.2 Å². The van der Waals surface area contributed by atoms with Crippen LogP contribution in [-0.4, -0.2) is 4.98 Å². The molecule has 128 valence electrons. The number of nitriles is 1. The van der Waals surface area contributed by atoms with Crippen molar-refractivity contribution in [1.29, 1.82) is 5.26 Å². The van der Waals surface area contributed by atoms with Crippen molar-refractivity contribution in [1.82, 2.24) is 4.98 Å². The molecule has 0 aliphatic heterocycles. The fraction of sp³-hybridized carbons (Fsp3) is 0.217. The van der Waals surface area contributed by atoms with Crippen LogP contribution in [0, 0.1) is 23.7 Å². The SMILES string of the molecule is C#Cc1cccc(C[C@](C)(C#N)c2ccc3cc(CC)c(=O)[nH]c3c2)c1. The Morgan fingerprint density at radius 2 is 2.00 bits per heavy atom. The minimum Gasteiger partial charge on any atom is -0.322 e. The summed E-state index contributed by atoms with van der Waals surface area (Å²) in [5, 5.41) is 10.8. The van der Waals surface area contributed by atoms with Gasteiger partial charge < -0.3 is 4.98 Å². The Kier molecular flexibility index (Phi) is 4.65. The number of benzene rings is 2. The molecule has 3 heteroatoms. The van der Waals surface area contributed by atoms with Crippen molar-refractivity contribution < 1.29 is 0 Å². The highest BCUT2D eigenvalue weighted by Gasteiger charge is 2.27. The lowest BCUT2D eigenvalue weighted by Gasteiger charge is -2.23. The fourth-order valence-corrected chi connectivity index (χ4v) is 3.24. The molecule has 0 unspecified atom stereocenters. The second kappa shape index (κ2) is 6.90. The first kappa shape index (κ1) is 17.5. The third-order valence-corrected chi connectivity index (χ3v) is 4.84. The molecule has 0 amide bonds. The average Bonchev–Trinajstić information content (AvgIpc) is 2.67. The number of H-pyrrole nitrogens is 1. The van der Waals surface area contributed by atoms with Crippen molar-refractivity contribution in [2.45, 2.75) is 32.1 Å². The molecule has 1 heterocycles. The Morgan fingerprint density at radius 3 is 2.69 bits per heavy atom. The van der Waals surface area contributed by atoms with Gasteiger partial charge in [-0.2, -0.15) is 5.26 Å². The first-order valence-electron chi connectivity index (χ1n) is 8.62. The predicted molar refractivity (Wildman–Crippen MR) is 105 cm³/mol. The minimum atomic E-state index is -0.721. The number of pyridine rings is 1. The van der Waals surface area contributed by atoms with Crippen molar-refractivity contribution in [2.24, 2.45) is 0 Å². The van der Waals surface area contributed by atoms with E-state index in [1.165, 1.54) is 0 Å². The van der Waals surface area contributed by atoms with E-state index in [1.54, 1.807) is 0 Å². The van der Waals surface area contributed by atoms with Gasteiger partial charge in [-0.1, -0.05) is 37.1 Å². The first-order valence-corrected chi connectivity index (χ1v) is 8.62. The molecule has 3 rings (SSSR count). The lowest BCUT2D eigenvalue weighted by molar-refractivity contribution is 0.607. The highest BCUT2D eigenvalue weighted by Crippen LogP contribution is 2.30. The summed E-state index contributed by atoms with van der Waals surface area (Å²) in [5.41, 5.74) is 3.41. The summed E-state index contributed by atoms with van der Waals surface area (Å²) >= 11 is 0. The van der Waals surface area contributed by atoms with Gasteiger partial charge in [0.1, 0.15) is 0 Å². The number of hydrogen-bond donors (Lipinski definition) is 1. The Hall–Kier alpha value is -3.30. The van der Waals surface area contributed by atoms with E-state index in [-0.39, 0.29) is 5.56 Å². The molecular formula is C23H20N2O. The summed E-state index contributed by atoms with van der Waals surface area (Å²) in [6.45, 7) is 3.87. The number of rotatable bonds is 4. The molecule has 1 N–H and O–H groups in total. The molecule has 3 aromatic rings. The molecular weight excluding hydrogens is 320 g/mol. The predicted octanol–water partition coefficient (Wildman–Crippen LogP) is 4.10. The molecule has 0 spiro atoms. The van der Waals surface area contributed by atoms with Crippen LogP contribution in [0.5, 0.6) is 0 Å². The van der Waals surface area contributed by atoms with Gasteiger partial charge in [0.15, 0.2) is 0 Å². The molecule has 1 aromatic heterocycles. The second-order valence-corrected chi connectivity index (χ2v) is 6.74. The van der Waals surface area contributed by atoms with E-state index in [9.17, 15) is 10.1 Å². The Balaban J connectivity index is 2.05. The maximum absolute atomic E-state index is 12.1. The zero-order valence-corrected chi connectivity index (χ0v) is 15.0. The van der Waals surface area contributed by atoms with Gasteiger partial charge in [-0.25, -0.2) is 0 Å². The zero-order valence-electron chi connectivity index (χ0n) is 15.0. The largest absolute Gasteiger partial charge is 0.322 e. The van der Waals surface area contributed by atoms with Crippen LogP contribution in [-0.2, 0) is 18.3 Å². The van der Waals surface area contributed by atoms with E-state index < -0.39 is 5.41 Å². The molecule has 0 aliphatic carbocycles. The van der Waals surface area contributed by atoms with Gasteiger partial charge in [0.2, 0.25) is 0 Å². The van der Waals surface area contributed by atoms with Gasteiger partial charge in [0.25, 0.3) is 5.56 Å². The average molecular weight is 340 g/mol. The van der Waals surface area contributed by atoms with Crippen LogP contribution in [0.4, 0.5) is 0 Å². The second-order valence-electron chi connectivity index (χ2n) is 6.74. The van der Waals surface area contributed by atoms with Crippen LogP contribution in [0.25, 0.3) is 10.9 Å². The van der Waals surface area contributed by atoms with Gasteiger partial charge >= 0.3 is 0 Å². The van der Waals surface area contributed by atoms with Crippen LogP contribution >= 0.6 is 0 Å². The van der Waals surface area contributed by atoms with Gasteiger partial charge in [-0.15, -0.1) is 6.42 Å². The molecule has 2 aromatic carbocycles. The van der Waals surface area contributed by atoms with E-state index in [0.29, 0.717) is 12.8 Å². The number of hydrogen-bond acceptors (Lipinski definition) is 2. The van der Waals surface area contributed by atoms with Crippen molar-refractivity contribution >= 4 is 10.9 Å². The highest BCUT2D eigenvalue weighted by molar-refractivity contribution is 5.80. The number of nitrogens with one attached hydrogen (secondary N) is 1. The van der Waals surface area contributed by atoms with Crippen LogP contribution in [0.2, 0.25) is 0 Å². The summed E-state index contributed by atoms with van der Waals surface area (Å²) in [4.78, 5) is 15.1. The normalized spacial score (nSPS) is 12.9. The summed E-state index contributed by atoms with van der Waals surface area (Å²) in [6, 6.07) is 17.9. The number of terminal acetylenes is 1. The van der Waals surface area contributed by atoms with Crippen LogP contribution in [0.3, 0.4) is 0 Å². The van der Waals surface area contributed by atoms with Crippen molar-refractivity contribution in [3.05, 3.63) is 81.1 Å².